The van der Waals surface area contributed by atoms with Crippen molar-refractivity contribution in [3.63, 3.8) is 0 Å². The van der Waals surface area contributed by atoms with Crippen LogP contribution in [-0.4, -0.2) is 54.2 Å². The van der Waals surface area contributed by atoms with E-state index in [1.165, 1.54) is 11.1 Å². The molecule has 188 valence electrons. The molecule has 0 amide bonds. The molecule has 0 radical (unpaired) electrons. The number of anilines is 4. The molecule has 0 aliphatic carbocycles. The number of nitrogens with one attached hydrogen (secondary N) is 3. The van der Waals surface area contributed by atoms with Gasteiger partial charge in [0.25, 0.3) is 0 Å². The number of aromatic nitrogens is 3. The molecular formula is C26H30N6O3S. The average molecular weight is 507 g/mol. The van der Waals surface area contributed by atoms with E-state index in [2.05, 4.69) is 44.7 Å². The third-order valence-electron chi connectivity index (χ3n) is 6.45. The van der Waals surface area contributed by atoms with E-state index < -0.39 is 15.1 Å². The van der Waals surface area contributed by atoms with E-state index in [-0.39, 0.29) is 4.90 Å². The minimum atomic E-state index is -3.50. The molecule has 3 heterocycles. The third kappa shape index (κ3) is 4.49. The number of likely N-dealkylation sites (N-methyl/N-ethyl adjacent to an activating group) is 1. The Bertz CT molecular complexity index is 1530. The van der Waals surface area contributed by atoms with E-state index in [4.69, 9.17) is 9.72 Å². The summed E-state index contributed by atoms with van der Waals surface area (Å²) in [6.07, 6.45) is 2.75. The number of methoxy groups -OCH3 is 1. The number of benzene rings is 2. The lowest BCUT2D eigenvalue weighted by Gasteiger charge is -2.26. The van der Waals surface area contributed by atoms with Gasteiger partial charge in [-0.25, -0.2) is 8.42 Å². The fraction of sp³-hybridized carbons (Fsp3) is 0.308. The predicted octanol–water partition coefficient (Wildman–Crippen LogP) is 4.62. The van der Waals surface area contributed by atoms with Crippen LogP contribution in [0.1, 0.15) is 25.0 Å². The Morgan fingerprint density at radius 3 is 2.64 bits per heavy atom. The van der Waals surface area contributed by atoms with E-state index in [1.54, 1.807) is 51.4 Å². The highest BCUT2D eigenvalue weighted by atomic mass is 32.2. The molecule has 0 unspecified atom stereocenters. The van der Waals surface area contributed by atoms with Crippen molar-refractivity contribution in [2.24, 2.45) is 0 Å². The molecule has 0 spiro atoms. The van der Waals surface area contributed by atoms with Crippen LogP contribution < -0.4 is 15.4 Å². The lowest BCUT2D eigenvalue weighted by atomic mass is 9.99. The summed E-state index contributed by atoms with van der Waals surface area (Å²) in [6, 6.07) is 12.9. The number of H-pyrrole nitrogens is 1. The first-order valence-corrected chi connectivity index (χ1v) is 13.4. The maximum absolute atomic E-state index is 13.0. The van der Waals surface area contributed by atoms with Crippen LogP contribution in [0.15, 0.2) is 53.6 Å². The van der Waals surface area contributed by atoms with Crippen LogP contribution in [0.4, 0.5) is 23.1 Å². The molecule has 0 saturated carbocycles. The second kappa shape index (κ2) is 9.44. The highest BCUT2D eigenvalue weighted by molar-refractivity contribution is 7.92. The number of hydrogen-bond donors (Lipinski definition) is 3. The molecular weight excluding hydrogens is 476 g/mol. The van der Waals surface area contributed by atoms with Crippen LogP contribution >= 0.6 is 0 Å². The van der Waals surface area contributed by atoms with Gasteiger partial charge in [0.15, 0.2) is 9.84 Å². The second-order valence-corrected chi connectivity index (χ2v) is 11.8. The molecule has 1 aliphatic heterocycles. The highest BCUT2D eigenvalue weighted by Gasteiger charge is 2.23. The van der Waals surface area contributed by atoms with Crippen LogP contribution in [0.5, 0.6) is 5.75 Å². The molecule has 0 bridgehead atoms. The molecule has 36 heavy (non-hydrogen) atoms. The second-order valence-electron chi connectivity index (χ2n) is 9.28. The van der Waals surface area contributed by atoms with Crippen molar-refractivity contribution in [3.05, 3.63) is 59.8 Å². The number of hydrogen-bond acceptors (Lipinski definition) is 8. The van der Waals surface area contributed by atoms with Gasteiger partial charge in [-0.2, -0.15) is 9.97 Å². The molecule has 2 aromatic carbocycles. The summed E-state index contributed by atoms with van der Waals surface area (Å²) in [7, 11) is 0.259. The zero-order valence-corrected chi connectivity index (χ0v) is 21.6. The quantitative estimate of drug-likeness (QED) is 0.333. The molecule has 0 fully saturated rings. The average Bonchev–Trinajstić information content (AvgIpc) is 3.33. The highest BCUT2D eigenvalue weighted by Crippen LogP contribution is 2.35. The van der Waals surface area contributed by atoms with E-state index >= 15 is 0 Å². The molecule has 5 rings (SSSR count). The molecule has 4 aromatic rings. The maximum Gasteiger partial charge on any atom is 0.231 e. The Hall–Kier alpha value is -3.63. The zero-order valence-electron chi connectivity index (χ0n) is 20.8. The summed E-state index contributed by atoms with van der Waals surface area (Å²) in [6.45, 7) is 5.22. The van der Waals surface area contributed by atoms with Crippen molar-refractivity contribution in [1.29, 1.82) is 0 Å². The SMILES string of the molecule is COc1cc2c(cc1Nc1nc(Nc3ccccc3S(=O)(=O)C(C)C)c3cc[nH]c3n1)CN(C)CC2. The van der Waals surface area contributed by atoms with Gasteiger partial charge in [0.1, 0.15) is 17.2 Å². The van der Waals surface area contributed by atoms with Crippen LogP contribution in [0.3, 0.4) is 0 Å². The Morgan fingerprint density at radius 2 is 1.86 bits per heavy atom. The number of ether oxygens (including phenoxy) is 1. The van der Waals surface area contributed by atoms with Crippen LogP contribution in [-0.2, 0) is 22.8 Å². The van der Waals surface area contributed by atoms with Gasteiger partial charge < -0.3 is 25.3 Å². The number of sulfone groups is 1. The summed E-state index contributed by atoms with van der Waals surface area (Å²) in [5.41, 5.74) is 4.37. The smallest absolute Gasteiger partial charge is 0.231 e. The lowest BCUT2D eigenvalue weighted by molar-refractivity contribution is 0.312. The molecule has 0 saturated heterocycles. The predicted molar refractivity (Wildman–Crippen MR) is 142 cm³/mol. The van der Waals surface area contributed by atoms with Gasteiger partial charge >= 0.3 is 0 Å². The van der Waals surface area contributed by atoms with Crippen LogP contribution in [0.25, 0.3) is 11.0 Å². The van der Waals surface area contributed by atoms with Gasteiger partial charge in [0, 0.05) is 19.3 Å². The van der Waals surface area contributed by atoms with Crippen molar-refractivity contribution >= 4 is 44.0 Å². The van der Waals surface area contributed by atoms with Gasteiger partial charge in [-0.3, -0.25) is 0 Å². The first kappa shape index (κ1) is 24.1. The van der Waals surface area contributed by atoms with Crippen molar-refractivity contribution in [2.45, 2.75) is 37.0 Å². The van der Waals surface area contributed by atoms with Crippen molar-refractivity contribution in [3.8, 4) is 5.75 Å². The zero-order chi connectivity index (χ0) is 25.4. The summed E-state index contributed by atoms with van der Waals surface area (Å²) in [4.78, 5) is 15.0. The summed E-state index contributed by atoms with van der Waals surface area (Å²) >= 11 is 0. The molecule has 3 N–H and O–H groups in total. The number of aromatic amines is 1. The fourth-order valence-corrected chi connectivity index (χ4v) is 5.61. The van der Waals surface area contributed by atoms with Gasteiger partial charge in [-0.05, 0) is 68.8 Å². The van der Waals surface area contributed by atoms with Crippen molar-refractivity contribution in [2.75, 3.05) is 31.3 Å². The Morgan fingerprint density at radius 1 is 1.06 bits per heavy atom. The molecule has 9 nitrogen and oxygen atoms in total. The number of para-hydroxylation sites is 1. The van der Waals surface area contributed by atoms with Crippen LogP contribution in [0, 0.1) is 0 Å². The monoisotopic (exact) mass is 506 g/mol. The first-order chi connectivity index (χ1) is 17.3. The lowest BCUT2D eigenvalue weighted by Crippen LogP contribution is -2.26. The Kier molecular flexibility index (Phi) is 6.31. The number of fused-ring (bicyclic) bond motifs is 2. The molecule has 2 aromatic heterocycles. The fourth-order valence-electron chi connectivity index (χ4n) is 4.41. The van der Waals surface area contributed by atoms with Crippen LogP contribution in [0.2, 0.25) is 0 Å². The van der Waals surface area contributed by atoms with Gasteiger partial charge in [0.2, 0.25) is 5.95 Å². The minimum Gasteiger partial charge on any atom is -0.495 e. The van der Waals surface area contributed by atoms with E-state index in [9.17, 15) is 8.42 Å². The van der Waals surface area contributed by atoms with E-state index in [1.807, 2.05) is 6.07 Å². The first-order valence-electron chi connectivity index (χ1n) is 11.9. The van der Waals surface area contributed by atoms with Gasteiger partial charge in [-0.15, -0.1) is 0 Å². The largest absolute Gasteiger partial charge is 0.495 e. The molecule has 0 atom stereocenters. The van der Waals surface area contributed by atoms with Crippen molar-refractivity contribution in [1.82, 2.24) is 19.9 Å². The summed E-state index contributed by atoms with van der Waals surface area (Å²) in [5, 5.41) is 6.76. The summed E-state index contributed by atoms with van der Waals surface area (Å²) < 4.78 is 31.6. The topological polar surface area (TPSA) is 112 Å². The molecule has 1 aliphatic rings. The number of nitrogens with zero attached hydrogens (tertiary/aromatic N) is 3. The normalized spacial score (nSPS) is 14.1. The Balaban J connectivity index is 1.54. The van der Waals surface area contributed by atoms with Gasteiger partial charge in [-0.1, -0.05) is 12.1 Å². The number of rotatable bonds is 7. The van der Waals surface area contributed by atoms with Gasteiger partial charge in [0.05, 0.1) is 34.0 Å². The maximum atomic E-state index is 13.0. The summed E-state index contributed by atoms with van der Waals surface area (Å²) in [5.74, 6) is 1.57. The van der Waals surface area contributed by atoms with E-state index in [0.29, 0.717) is 23.1 Å². The standard InChI is InChI=1S/C26H30N6O3S/c1-16(2)36(33,34)23-8-6-5-7-20(23)28-25-19-9-11-27-24(19)30-26(31-25)29-21-13-18-15-32(3)12-10-17(18)14-22(21)35-4/h5-9,11,13-14,16H,10,12,15H2,1-4H3,(H3,27,28,29,30,31). The Labute approximate surface area is 210 Å². The van der Waals surface area contributed by atoms with Crippen molar-refractivity contribution < 1.29 is 13.2 Å². The van der Waals surface area contributed by atoms with E-state index in [0.717, 1.165) is 36.3 Å². The minimum absolute atomic E-state index is 0.234. The third-order valence-corrected chi connectivity index (χ3v) is 8.66. The molecule has 10 heteroatoms.